The van der Waals surface area contributed by atoms with Crippen LogP contribution in [0.3, 0.4) is 0 Å². The van der Waals surface area contributed by atoms with E-state index in [1.807, 2.05) is 6.07 Å². The molecule has 0 aliphatic carbocycles. The van der Waals surface area contributed by atoms with Gasteiger partial charge in [-0.25, -0.2) is 4.57 Å². The molecule has 1 N–H and O–H groups in total. The molecule has 1 aromatic heterocycles. The molecule has 0 radical (unpaired) electrons. The van der Waals surface area contributed by atoms with Crippen LogP contribution in [0, 0.1) is 6.92 Å². The average Bonchev–Trinajstić information content (AvgIpc) is 3.39. The van der Waals surface area contributed by atoms with Crippen molar-refractivity contribution < 1.29 is 32.5 Å². The van der Waals surface area contributed by atoms with E-state index in [0.717, 1.165) is 31.4 Å². The predicted molar refractivity (Wildman–Crippen MR) is 170 cm³/mol. The van der Waals surface area contributed by atoms with Crippen molar-refractivity contribution in [1.29, 1.82) is 0 Å². The number of hydrogen-bond acceptors (Lipinski definition) is 6. The van der Waals surface area contributed by atoms with Gasteiger partial charge in [0.2, 0.25) is 11.3 Å². The summed E-state index contributed by atoms with van der Waals surface area (Å²) in [5, 5.41) is 0. The lowest BCUT2D eigenvalue weighted by Gasteiger charge is -2.18. The van der Waals surface area contributed by atoms with Crippen molar-refractivity contribution in [2.24, 2.45) is 0 Å². The van der Waals surface area contributed by atoms with Crippen molar-refractivity contribution in [2.45, 2.75) is 104 Å². The van der Waals surface area contributed by atoms with Crippen LogP contribution in [-0.2, 0) is 17.5 Å². The molecular formula is C33H49NO6PS+. The molecule has 9 heteroatoms. The van der Waals surface area contributed by atoms with Gasteiger partial charge in [0.15, 0.2) is 24.2 Å². The molecule has 1 heterocycles. The lowest BCUT2D eigenvalue weighted by molar-refractivity contribution is -0.691. The van der Waals surface area contributed by atoms with Gasteiger partial charge in [-0.3, -0.25) is 4.89 Å². The van der Waals surface area contributed by atoms with E-state index in [-0.39, 0.29) is 17.2 Å². The normalized spacial score (nSPS) is 12.6. The highest BCUT2D eigenvalue weighted by molar-refractivity contribution is 7.48. The minimum atomic E-state index is -4.49. The van der Waals surface area contributed by atoms with Crippen LogP contribution in [0.2, 0.25) is 0 Å². The maximum Gasteiger partial charge on any atom is 0.585 e. The summed E-state index contributed by atoms with van der Waals surface area (Å²) in [7, 11) is -3.00. The largest absolute Gasteiger partial charge is 0.585 e. The fourth-order valence-electron chi connectivity index (χ4n) is 4.86. The average molecular weight is 619 g/mol. The van der Waals surface area contributed by atoms with E-state index in [0.29, 0.717) is 12.4 Å². The number of aryl methyl sites for hydroxylation is 3. The highest BCUT2D eigenvalue weighted by Gasteiger charge is 2.28. The Bertz CT molecular complexity index is 1230. The molecule has 0 amide bonds. The lowest BCUT2D eigenvalue weighted by Crippen LogP contribution is -2.31. The molecule has 3 aromatic rings. The first-order valence-corrected chi connectivity index (χ1v) is 17.8. The van der Waals surface area contributed by atoms with E-state index in [4.69, 9.17) is 18.5 Å². The second kappa shape index (κ2) is 18.9. The molecule has 0 aliphatic rings. The van der Waals surface area contributed by atoms with Crippen molar-refractivity contribution in [1.82, 2.24) is 0 Å². The van der Waals surface area contributed by atoms with Gasteiger partial charge in [-0.2, -0.15) is 4.57 Å². The number of unbranched alkanes of at least 4 members (excludes halogenated alkanes) is 11. The van der Waals surface area contributed by atoms with Gasteiger partial charge < -0.3 is 18.5 Å². The zero-order chi connectivity index (χ0) is 30.0. The molecule has 0 aliphatic heterocycles. The minimum absolute atomic E-state index is 0.0934. The lowest BCUT2D eigenvalue weighted by atomic mass is 10.1. The molecule has 3 rings (SSSR count). The Morgan fingerprint density at radius 3 is 2.14 bits per heavy atom. The maximum atomic E-state index is 12.9. The first-order chi connectivity index (χ1) is 20.4. The number of phosphoric ester groups is 1. The van der Waals surface area contributed by atoms with Gasteiger partial charge in [0, 0.05) is 6.42 Å². The molecule has 1 unspecified atom stereocenters. The third kappa shape index (κ3) is 12.8. The van der Waals surface area contributed by atoms with Gasteiger partial charge >= 0.3 is 7.82 Å². The highest BCUT2D eigenvalue weighted by Crippen LogP contribution is 2.49. The van der Waals surface area contributed by atoms with Crippen molar-refractivity contribution in [3.05, 3.63) is 64.6 Å². The summed E-state index contributed by atoms with van der Waals surface area (Å²) < 4.78 is 37.4. The second-order valence-corrected chi connectivity index (χ2v) is 13.2. The summed E-state index contributed by atoms with van der Waals surface area (Å²) in [6, 6.07) is 12.2. The van der Waals surface area contributed by atoms with Crippen LogP contribution in [0.5, 0.6) is 23.0 Å². The van der Waals surface area contributed by atoms with E-state index >= 15 is 0 Å². The number of methoxy groups -OCH3 is 1. The van der Waals surface area contributed by atoms with Gasteiger partial charge in [-0.15, -0.1) is 0 Å². The van der Waals surface area contributed by atoms with Gasteiger partial charge in [-0.1, -0.05) is 107 Å². The van der Waals surface area contributed by atoms with Crippen molar-refractivity contribution in [2.75, 3.05) is 13.7 Å². The third-order valence-corrected chi connectivity index (χ3v) is 8.84. The second-order valence-electron chi connectivity index (χ2n) is 10.8. The van der Waals surface area contributed by atoms with Crippen molar-refractivity contribution in [3.8, 4) is 23.0 Å². The first kappa shape index (κ1) is 34.0. The first-order valence-electron chi connectivity index (χ1n) is 15.4. The molecule has 2 aromatic carbocycles. The standard InChI is InChI=1S/C33H48NO6PS/c1-4-5-6-7-8-9-10-11-12-13-14-15-24-38-31-20-17-21-32(33(31)37-3)40-41(35,36)39-30-19-16-18-29(25-30)22-23-34-26-28(2)42-27-34/h16-21,25-27H,4-15,22-24H2,1-3H3/p+1. The monoisotopic (exact) mass is 618 g/mol. The topological polar surface area (TPSA) is 78.1 Å². The number of para-hydroxylation sites is 1. The van der Waals surface area contributed by atoms with Crippen LogP contribution in [-0.4, -0.2) is 18.6 Å². The Hall–Kier alpha value is -2.54. The Labute approximate surface area is 256 Å². The number of aromatic nitrogens is 1. The predicted octanol–water partition coefficient (Wildman–Crippen LogP) is 9.23. The molecule has 42 heavy (non-hydrogen) atoms. The van der Waals surface area contributed by atoms with Gasteiger partial charge in [0.05, 0.1) is 18.6 Å². The zero-order valence-electron chi connectivity index (χ0n) is 25.6. The van der Waals surface area contributed by atoms with E-state index in [1.165, 1.54) is 76.2 Å². The van der Waals surface area contributed by atoms with Crippen LogP contribution < -0.4 is 23.1 Å². The molecule has 1 atom stereocenters. The number of ether oxygens (including phenoxy) is 2. The van der Waals surface area contributed by atoms with Crippen LogP contribution in [0.25, 0.3) is 0 Å². The summed E-state index contributed by atoms with van der Waals surface area (Å²) in [5.41, 5.74) is 3.07. The molecule has 7 nitrogen and oxygen atoms in total. The molecule has 0 saturated carbocycles. The number of nitrogens with zero attached hydrogens (tertiary/aromatic N) is 1. The number of rotatable bonds is 22. The van der Waals surface area contributed by atoms with Crippen molar-refractivity contribution in [3.63, 3.8) is 0 Å². The third-order valence-electron chi connectivity index (χ3n) is 7.12. The van der Waals surface area contributed by atoms with E-state index < -0.39 is 7.82 Å². The Morgan fingerprint density at radius 1 is 0.857 bits per heavy atom. The number of phosphoric acid groups is 1. The Morgan fingerprint density at radius 2 is 1.50 bits per heavy atom. The van der Waals surface area contributed by atoms with E-state index in [1.54, 1.807) is 47.7 Å². The van der Waals surface area contributed by atoms with E-state index in [9.17, 15) is 9.46 Å². The summed E-state index contributed by atoms with van der Waals surface area (Å²) in [6.45, 7) is 5.69. The fraction of sp³-hybridized carbons (Fsp3) is 0.545. The van der Waals surface area contributed by atoms with Crippen LogP contribution in [0.1, 0.15) is 94.4 Å². The number of benzene rings is 2. The molecule has 0 spiro atoms. The van der Waals surface area contributed by atoms with Crippen molar-refractivity contribution >= 4 is 19.2 Å². The molecule has 0 fully saturated rings. The van der Waals surface area contributed by atoms with Crippen LogP contribution >= 0.6 is 19.2 Å². The SMILES string of the molecule is CCCCCCCCCCCCCCOc1cccc(OP(=O)(O)Oc2cccc(CC[n+]3csc(C)c3)c2)c1OC. The Kier molecular flexibility index (Phi) is 15.3. The summed E-state index contributed by atoms with van der Waals surface area (Å²) in [4.78, 5) is 11.8. The Balaban J connectivity index is 1.41. The van der Waals surface area contributed by atoms with Gasteiger partial charge in [0.1, 0.15) is 5.75 Å². The molecule has 0 bridgehead atoms. The minimum Gasteiger partial charge on any atom is -0.490 e. The molecular weight excluding hydrogens is 569 g/mol. The number of thiazole rings is 1. The molecule has 0 saturated heterocycles. The smallest absolute Gasteiger partial charge is 0.490 e. The quantitative estimate of drug-likeness (QED) is 0.0687. The summed E-state index contributed by atoms with van der Waals surface area (Å²) in [5.74, 6) is 1.10. The fourth-order valence-corrected chi connectivity index (χ4v) is 6.34. The van der Waals surface area contributed by atoms with Crippen LogP contribution in [0.15, 0.2) is 54.2 Å². The zero-order valence-corrected chi connectivity index (χ0v) is 27.3. The summed E-state index contributed by atoms with van der Waals surface area (Å²) >= 11 is 1.70. The number of hydrogen-bond donors (Lipinski definition) is 1. The van der Waals surface area contributed by atoms with E-state index in [2.05, 4.69) is 30.1 Å². The summed E-state index contributed by atoms with van der Waals surface area (Å²) in [6.07, 6.45) is 18.2. The van der Waals surface area contributed by atoms with Gasteiger partial charge in [0.25, 0.3) is 0 Å². The maximum absolute atomic E-state index is 12.9. The van der Waals surface area contributed by atoms with Gasteiger partial charge in [-0.05, 0) is 43.2 Å². The highest BCUT2D eigenvalue weighted by atomic mass is 32.1. The van der Waals surface area contributed by atoms with Crippen LogP contribution in [0.4, 0.5) is 0 Å². The molecule has 232 valence electrons.